The highest BCUT2D eigenvalue weighted by atomic mass is 19.1. The van der Waals surface area contributed by atoms with Crippen LogP contribution in [0.1, 0.15) is 29.3 Å². The third-order valence-corrected chi connectivity index (χ3v) is 5.98. The first-order valence-electron chi connectivity index (χ1n) is 10.8. The summed E-state index contributed by atoms with van der Waals surface area (Å²) < 4.78 is 18.7. The Morgan fingerprint density at radius 2 is 1.87 bits per heavy atom. The minimum Gasteiger partial charge on any atom is -0.376 e. The predicted molar refractivity (Wildman–Crippen MR) is 116 cm³/mol. The summed E-state index contributed by atoms with van der Waals surface area (Å²) in [6.45, 7) is 8.12. The second kappa shape index (κ2) is 9.58. The second-order valence-electron chi connectivity index (χ2n) is 8.40. The molecule has 0 spiro atoms. The van der Waals surface area contributed by atoms with Crippen molar-refractivity contribution in [3.63, 3.8) is 0 Å². The van der Waals surface area contributed by atoms with Crippen molar-refractivity contribution in [2.75, 3.05) is 44.2 Å². The van der Waals surface area contributed by atoms with E-state index in [-0.39, 0.29) is 17.8 Å². The van der Waals surface area contributed by atoms with Gasteiger partial charge in [0.1, 0.15) is 5.82 Å². The van der Waals surface area contributed by atoms with Crippen molar-refractivity contribution < 1.29 is 13.9 Å². The first-order valence-corrected chi connectivity index (χ1v) is 10.8. The van der Waals surface area contributed by atoms with Gasteiger partial charge in [-0.15, -0.1) is 0 Å². The van der Waals surface area contributed by atoms with E-state index in [4.69, 9.17) is 4.74 Å². The van der Waals surface area contributed by atoms with E-state index in [9.17, 15) is 9.18 Å². The highest BCUT2D eigenvalue weighted by molar-refractivity contribution is 5.94. The van der Waals surface area contributed by atoms with E-state index in [0.717, 1.165) is 51.4 Å². The van der Waals surface area contributed by atoms with E-state index >= 15 is 0 Å². The summed E-state index contributed by atoms with van der Waals surface area (Å²) in [5.41, 5.74) is 2.95. The Hall–Kier alpha value is -2.44. The third kappa shape index (κ3) is 5.37. The largest absolute Gasteiger partial charge is 0.376 e. The van der Waals surface area contributed by atoms with E-state index in [0.29, 0.717) is 18.0 Å². The fourth-order valence-electron chi connectivity index (χ4n) is 4.28. The molecule has 0 saturated carbocycles. The summed E-state index contributed by atoms with van der Waals surface area (Å²) in [5, 5.41) is 3.08. The van der Waals surface area contributed by atoms with Crippen molar-refractivity contribution in [2.24, 2.45) is 5.92 Å². The highest BCUT2D eigenvalue weighted by Gasteiger charge is 2.23. The standard InChI is InChI=1S/C24H30FN3O2/c1-18-15-27(12-13-30-18)16-19-2-4-21(5-3-19)24(29)26-14-20-10-11-28(17-20)23-8-6-22(25)7-9-23/h2-9,18,20H,10-17H2,1H3,(H,26,29)/t18-,20+/m1/s1. The van der Waals surface area contributed by atoms with Gasteiger partial charge >= 0.3 is 0 Å². The molecule has 2 heterocycles. The van der Waals surface area contributed by atoms with Crippen LogP contribution in [0.2, 0.25) is 0 Å². The van der Waals surface area contributed by atoms with Gasteiger partial charge in [-0.25, -0.2) is 4.39 Å². The molecule has 2 aliphatic heterocycles. The molecule has 1 amide bonds. The van der Waals surface area contributed by atoms with Crippen LogP contribution in [0.25, 0.3) is 0 Å². The van der Waals surface area contributed by atoms with E-state index in [1.165, 1.54) is 17.7 Å². The number of anilines is 1. The molecule has 2 atom stereocenters. The lowest BCUT2D eigenvalue weighted by Gasteiger charge is -2.31. The SMILES string of the molecule is C[C@@H]1CN(Cc2ccc(C(=O)NC[C@@H]3CCN(c4ccc(F)cc4)C3)cc2)CCO1. The number of nitrogens with one attached hydrogen (secondary N) is 1. The van der Waals surface area contributed by atoms with Crippen LogP contribution in [0.3, 0.4) is 0 Å². The molecule has 2 aromatic carbocycles. The summed E-state index contributed by atoms with van der Waals surface area (Å²) in [6.07, 6.45) is 1.30. The average molecular weight is 412 g/mol. The zero-order valence-electron chi connectivity index (χ0n) is 17.5. The molecule has 0 bridgehead atoms. The zero-order chi connectivity index (χ0) is 20.9. The number of carbonyl (C=O) groups excluding carboxylic acids is 1. The Morgan fingerprint density at radius 3 is 2.60 bits per heavy atom. The van der Waals surface area contributed by atoms with Gasteiger partial charge in [0, 0.05) is 50.5 Å². The van der Waals surface area contributed by atoms with Crippen molar-refractivity contribution in [3.8, 4) is 0 Å². The molecule has 2 fully saturated rings. The van der Waals surface area contributed by atoms with Gasteiger partial charge in [0.25, 0.3) is 5.91 Å². The van der Waals surface area contributed by atoms with E-state index in [1.807, 2.05) is 36.4 Å². The third-order valence-electron chi connectivity index (χ3n) is 5.98. The van der Waals surface area contributed by atoms with Crippen molar-refractivity contribution >= 4 is 11.6 Å². The Morgan fingerprint density at radius 1 is 1.10 bits per heavy atom. The monoisotopic (exact) mass is 411 g/mol. The topological polar surface area (TPSA) is 44.8 Å². The van der Waals surface area contributed by atoms with E-state index in [2.05, 4.69) is 22.0 Å². The lowest BCUT2D eigenvalue weighted by molar-refractivity contribution is -0.0212. The van der Waals surface area contributed by atoms with Gasteiger partial charge < -0.3 is 15.0 Å². The number of rotatable bonds is 6. The molecular formula is C24H30FN3O2. The van der Waals surface area contributed by atoms with Crippen molar-refractivity contribution in [3.05, 3.63) is 65.5 Å². The van der Waals surface area contributed by atoms with E-state index in [1.54, 1.807) is 0 Å². The van der Waals surface area contributed by atoms with Gasteiger partial charge in [-0.3, -0.25) is 9.69 Å². The molecule has 0 unspecified atom stereocenters. The van der Waals surface area contributed by atoms with Gasteiger partial charge in [-0.2, -0.15) is 0 Å². The first-order chi connectivity index (χ1) is 14.6. The number of benzene rings is 2. The molecule has 6 heteroatoms. The minimum absolute atomic E-state index is 0.0261. The molecule has 2 aliphatic rings. The molecule has 30 heavy (non-hydrogen) atoms. The Bertz CT molecular complexity index is 841. The molecular weight excluding hydrogens is 381 g/mol. The maximum atomic E-state index is 13.1. The molecule has 0 radical (unpaired) electrons. The summed E-state index contributed by atoms with van der Waals surface area (Å²) in [7, 11) is 0. The quantitative estimate of drug-likeness (QED) is 0.792. The molecule has 2 saturated heterocycles. The lowest BCUT2D eigenvalue weighted by atomic mass is 10.1. The van der Waals surface area contributed by atoms with Crippen LogP contribution >= 0.6 is 0 Å². The first kappa shape index (κ1) is 20.8. The minimum atomic E-state index is -0.215. The maximum Gasteiger partial charge on any atom is 0.251 e. The molecule has 160 valence electrons. The number of hydrogen-bond donors (Lipinski definition) is 1. The smallest absolute Gasteiger partial charge is 0.251 e. The number of amides is 1. The van der Waals surface area contributed by atoms with Crippen LogP contribution in [0.4, 0.5) is 10.1 Å². The number of morpholine rings is 1. The molecule has 4 rings (SSSR count). The number of hydrogen-bond acceptors (Lipinski definition) is 4. The van der Waals surface area contributed by atoms with Crippen molar-refractivity contribution in [1.82, 2.24) is 10.2 Å². The Balaban J connectivity index is 1.23. The Labute approximate surface area is 177 Å². The summed E-state index contributed by atoms with van der Waals surface area (Å²) in [5.74, 6) is 0.163. The van der Waals surface area contributed by atoms with Crippen molar-refractivity contribution in [1.29, 1.82) is 0 Å². The summed E-state index contributed by atoms with van der Waals surface area (Å²) in [4.78, 5) is 17.2. The molecule has 0 aromatic heterocycles. The van der Waals surface area contributed by atoms with Crippen molar-refractivity contribution in [2.45, 2.75) is 26.0 Å². The van der Waals surface area contributed by atoms with Gasteiger partial charge in [0.05, 0.1) is 12.7 Å². The van der Waals surface area contributed by atoms with Gasteiger partial charge in [-0.1, -0.05) is 12.1 Å². The van der Waals surface area contributed by atoms with E-state index < -0.39 is 0 Å². The maximum absolute atomic E-state index is 13.1. The summed E-state index contributed by atoms with van der Waals surface area (Å²) in [6, 6.07) is 14.5. The second-order valence-corrected chi connectivity index (χ2v) is 8.40. The van der Waals surface area contributed by atoms with Crippen LogP contribution < -0.4 is 10.2 Å². The van der Waals surface area contributed by atoms with Crippen LogP contribution in [-0.2, 0) is 11.3 Å². The normalized spacial score (nSPS) is 22.3. The fraction of sp³-hybridized carbons (Fsp3) is 0.458. The predicted octanol–water partition coefficient (Wildman–Crippen LogP) is 3.30. The van der Waals surface area contributed by atoms with Crippen LogP contribution in [0.15, 0.2) is 48.5 Å². The molecule has 0 aliphatic carbocycles. The van der Waals surface area contributed by atoms with Gasteiger partial charge in [-0.05, 0) is 61.2 Å². The Kier molecular flexibility index (Phi) is 6.65. The highest BCUT2D eigenvalue weighted by Crippen LogP contribution is 2.23. The molecule has 1 N–H and O–H groups in total. The molecule has 5 nitrogen and oxygen atoms in total. The number of nitrogens with zero attached hydrogens (tertiary/aromatic N) is 2. The van der Waals surface area contributed by atoms with Gasteiger partial charge in [0.15, 0.2) is 0 Å². The fourth-order valence-corrected chi connectivity index (χ4v) is 4.28. The average Bonchev–Trinajstić information content (AvgIpc) is 3.22. The van der Waals surface area contributed by atoms with Gasteiger partial charge in [0.2, 0.25) is 0 Å². The number of ether oxygens (including phenoxy) is 1. The number of carbonyl (C=O) groups is 1. The van der Waals surface area contributed by atoms with Crippen LogP contribution in [0.5, 0.6) is 0 Å². The van der Waals surface area contributed by atoms with Crippen LogP contribution in [-0.4, -0.2) is 56.2 Å². The lowest BCUT2D eigenvalue weighted by Crippen LogP contribution is -2.40. The van der Waals surface area contributed by atoms with Crippen LogP contribution in [0, 0.1) is 11.7 Å². The summed E-state index contributed by atoms with van der Waals surface area (Å²) >= 11 is 0. The zero-order valence-corrected chi connectivity index (χ0v) is 17.5. The number of halogens is 1. The molecule has 2 aromatic rings.